The topological polar surface area (TPSA) is 82.2 Å². The first-order valence-electron chi connectivity index (χ1n) is 6.47. The molecule has 0 atom stereocenters. The van der Waals surface area contributed by atoms with Gasteiger partial charge in [-0.15, -0.1) is 0 Å². The van der Waals surface area contributed by atoms with Gasteiger partial charge in [0, 0.05) is 25.5 Å². The number of anilines is 2. The lowest BCUT2D eigenvalue weighted by atomic mass is 10.1. The Hall–Kier alpha value is -2.50. The molecule has 6 heteroatoms. The molecule has 106 valence electrons. The van der Waals surface area contributed by atoms with Gasteiger partial charge in [0.1, 0.15) is 0 Å². The van der Waals surface area contributed by atoms with Crippen molar-refractivity contribution in [3.8, 4) is 0 Å². The summed E-state index contributed by atoms with van der Waals surface area (Å²) in [6, 6.07) is 5.19. The van der Waals surface area contributed by atoms with Gasteiger partial charge in [0.25, 0.3) is 0 Å². The van der Waals surface area contributed by atoms with Crippen LogP contribution in [0.2, 0.25) is 0 Å². The number of para-hydroxylation sites is 1. The molecule has 1 aromatic carbocycles. The van der Waals surface area contributed by atoms with Crippen LogP contribution >= 0.6 is 0 Å². The summed E-state index contributed by atoms with van der Waals surface area (Å²) in [5.74, 6) is -0.370. The Labute approximate surface area is 117 Å². The molecule has 20 heavy (non-hydrogen) atoms. The summed E-state index contributed by atoms with van der Waals surface area (Å²) in [6.07, 6.45) is 5.34. The van der Waals surface area contributed by atoms with Crippen molar-refractivity contribution in [3.63, 3.8) is 0 Å². The molecule has 0 spiro atoms. The Morgan fingerprint density at radius 3 is 3.05 bits per heavy atom. The number of hydrogen-bond donors (Lipinski definition) is 2. The monoisotopic (exact) mass is 274 g/mol. The van der Waals surface area contributed by atoms with Gasteiger partial charge in [0.05, 0.1) is 29.9 Å². The number of ether oxygens (including phenoxy) is 1. The summed E-state index contributed by atoms with van der Waals surface area (Å²) in [7, 11) is 0. The van der Waals surface area contributed by atoms with Gasteiger partial charge in [-0.2, -0.15) is 0 Å². The van der Waals surface area contributed by atoms with Crippen LogP contribution in [0.15, 0.2) is 36.9 Å². The molecule has 0 fully saturated rings. The third-order valence-electron chi connectivity index (χ3n) is 2.82. The molecule has 3 N–H and O–H groups in total. The van der Waals surface area contributed by atoms with Crippen LogP contribution in [0.25, 0.3) is 0 Å². The number of rotatable bonds is 6. The number of esters is 1. The fraction of sp³-hybridized carbons (Fsp3) is 0.286. The zero-order valence-corrected chi connectivity index (χ0v) is 11.4. The molecule has 0 aliphatic rings. The average Bonchev–Trinajstić information content (AvgIpc) is 2.94. The van der Waals surface area contributed by atoms with E-state index >= 15 is 0 Å². The molecule has 0 aliphatic heterocycles. The lowest BCUT2D eigenvalue weighted by molar-refractivity contribution is 0.0527. The van der Waals surface area contributed by atoms with Crippen LogP contribution in [0.4, 0.5) is 11.4 Å². The molecule has 0 unspecified atom stereocenters. The van der Waals surface area contributed by atoms with Crippen molar-refractivity contribution in [1.29, 1.82) is 0 Å². The fourth-order valence-electron chi connectivity index (χ4n) is 1.88. The zero-order chi connectivity index (χ0) is 14.4. The number of imidazole rings is 1. The van der Waals surface area contributed by atoms with Crippen molar-refractivity contribution in [2.75, 3.05) is 24.2 Å². The molecule has 1 aromatic heterocycles. The van der Waals surface area contributed by atoms with Gasteiger partial charge in [-0.05, 0) is 19.1 Å². The highest BCUT2D eigenvalue weighted by molar-refractivity contribution is 5.98. The molecule has 6 nitrogen and oxygen atoms in total. The Morgan fingerprint density at radius 1 is 1.50 bits per heavy atom. The minimum atomic E-state index is -0.370. The highest BCUT2D eigenvalue weighted by atomic mass is 16.5. The van der Waals surface area contributed by atoms with E-state index in [1.807, 2.05) is 10.8 Å². The molecule has 0 saturated heterocycles. The molecule has 2 aromatic rings. The van der Waals surface area contributed by atoms with E-state index in [-0.39, 0.29) is 5.97 Å². The molecule has 0 amide bonds. The van der Waals surface area contributed by atoms with Gasteiger partial charge in [0.2, 0.25) is 0 Å². The Kier molecular flexibility index (Phi) is 4.60. The lowest BCUT2D eigenvalue weighted by Crippen LogP contribution is -2.15. The van der Waals surface area contributed by atoms with Crippen molar-refractivity contribution in [2.24, 2.45) is 0 Å². The highest BCUT2D eigenvalue weighted by Crippen LogP contribution is 2.24. The second-order valence-electron chi connectivity index (χ2n) is 4.22. The first-order valence-corrected chi connectivity index (χ1v) is 6.47. The summed E-state index contributed by atoms with van der Waals surface area (Å²) in [5, 5.41) is 3.18. The number of benzene rings is 1. The summed E-state index contributed by atoms with van der Waals surface area (Å²) < 4.78 is 6.97. The Balaban J connectivity index is 2.07. The number of aromatic nitrogens is 2. The first kappa shape index (κ1) is 13.9. The van der Waals surface area contributed by atoms with Gasteiger partial charge in [-0.3, -0.25) is 0 Å². The third kappa shape index (κ3) is 3.28. The smallest absolute Gasteiger partial charge is 0.340 e. The van der Waals surface area contributed by atoms with Crippen molar-refractivity contribution < 1.29 is 9.53 Å². The standard InChI is InChI=1S/C14H18N4O2/c1-2-20-14(19)11-4-3-5-12(15)13(11)17-7-9-18-8-6-16-10-18/h3-6,8,10,17H,2,7,9,15H2,1H3. The van der Waals surface area contributed by atoms with E-state index < -0.39 is 0 Å². The highest BCUT2D eigenvalue weighted by Gasteiger charge is 2.14. The SMILES string of the molecule is CCOC(=O)c1cccc(N)c1NCCn1ccnc1. The molecule has 0 radical (unpaired) electrons. The van der Waals surface area contributed by atoms with Gasteiger partial charge in [-0.25, -0.2) is 9.78 Å². The van der Waals surface area contributed by atoms with Gasteiger partial charge in [0.15, 0.2) is 0 Å². The predicted octanol–water partition coefficient (Wildman–Crippen LogP) is 1.75. The minimum Gasteiger partial charge on any atom is -0.462 e. The number of nitrogens with one attached hydrogen (secondary N) is 1. The molecule has 0 aliphatic carbocycles. The van der Waals surface area contributed by atoms with Crippen LogP contribution in [0.5, 0.6) is 0 Å². The minimum absolute atomic E-state index is 0.335. The summed E-state index contributed by atoms with van der Waals surface area (Å²) in [6.45, 7) is 3.48. The van der Waals surface area contributed by atoms with E-state index in [0.717, 1.165) is 6.54 Å². The van der Waals surface area contributed by atoms with Gasteiger partial charge in [-0.1, -0.05) is 6.07 Å². The van der Waals surface area contributed by atoms with Crippen LogP contribution in [0, 0.1) is 0 Å². The van der Waals surface area contributed by atoms with E-state index in [9.17, 15) is 4.79 Å². The Morgan fingerprint density at radius 2 is 2.35 bits per heavy atom. The van der Waals surface area contributed by atoms with E-state index in [1.165, 1.54) is 0 Å². The maximum atomic E-state index is 11.9. The van der Waals surface area contributed by atoms with Gasteiger partial charge < -0.3 is 20.4 Å². The second-order valence-corrected chi connectivity index (χ2v) is 4.22. The van der Waals surface area contributed by atoms with E-state index in [4.69, 9.17) is 10.5 Å². The number of nitrogens with two attached hydrogens (primary N) is 1. The quantitative estimate of drug-likeness (QED) is 0.619. The first-order chi connectivity index (χ1) is 9.72. The molecule has 2 rings (SSSR count). The van der Waals surface area contributed by atoms with E-state index in [0.29, 0.717) is 30.1 Å². The Bertz CT molecular complexity index is 567. The average molecular weight is 274 g/mol. The van der Waals surface area contributed by atoms with Crippen LogP contribution in [0.3, 0.4) is 0 Å². The number of carbonyl (C=O) groups is 1. The van der Waals surface area contributed by atoms with Crippen LogP contribution < -0.4 is 11.1 Å². The van der Waals surface area contributed by atoms with E-state index in [1.54, 1.807) is 37.6 Å². The van der Waals surface area contributed by atoms with Crippen molar-refractivity contribution in [1.82, 2.24) is 9.55 Å². The molecule has 0 saturated carbocycles. The summed E-state index contributed by atoms with van der Waals surface area (Å²) >= 11 is 0. The number of hydrogen-bond acceptors (Lipinski definition) is 5. The van der Waals surface area contributed by atoms with Crippen LogP contribution in [0.1, 0.15) is 17.3 Å². The lowest BCUT2D eigenvalue weighted by Gasteiger charge is -2.14. The maximum Gasteiger partial charge on any atom is 0.340 e. The largest absolute Gasteiger partial charge is 0.462 e. The maximum absolute atomic E-state index is 11.9. The van der Waals surface area contributed by atoms with E-state index in [2.05, 4.69) is 10.3 Å². The second kappa shape index (κ2) is 6.60. The molecular formula is C14H18N4O2. The zero-order valence-electron chi connectivity index (χ0n) is 11.4. The third-order valence-corrected chi connectivity index (χ3v) is 2.82. The molecular weight excluding hydrogens is 256 g/mol. The normalized spacial score (nSPS) is 10.2. The van der Waals surface area contributed by atoms with Crippen molar-refractivity contribution in [3.05, 3.63) is 42.5 Å². The number of nitrogen functional groups attached to an aromatic ring is 1. The fourth-order valence-corrected chi connectivity index (χ4v) is 1.88. The van der Waals surface area contributed by atoms with Crippen molar-refractivity contribution in [2.45, 2.75) is 13.5 Å². The van der Waals surface area contributed by atoms with Crippen molar-refractivity contribution >= 4 is 17.3 Å². The summed E-state index contributed by atoms with van der Waals surface area (Å²) in [5.41, 5.74) is 7.53. The van der Waals surface area contributed by atoms with Crippen LogP contribution in [-0.4, -0.2) is 28.7 Å². The van der Waals surface area contributed by atoms with Crippen LogP contribution in [-0.2, 0) is 11.3 Å². The predicted molar refractivity (Wildman–Crippen MR) is 77.5 cm³/mol. The van der Waals surface area contributed by atoms with Gasteiger partial charge >= 0.3 is 5.97 Å². The summed E-state index contributed by atoms with van der Waals surface area (Å²) in [4.78, 5) is 15.8. The number of carbonyl (C=O) groups excluding carboxylic acids is 1. The molecule has 0 bridgehead atoms. The molecule has 1 heterocycles. The number of nitrogens with zero attached hydrogens (tertiary/aromatic N) is 2.